The number of halogens is 1. The number of hydrogen-bond donors (Lipinski definition) is 1. The first-order chi connectivity index (χ1) is 16.5. The number of nitro groups is 1. The van der Waals surface area contributed by atoms with Crippen LogP contribution in [0.1, 0.15) is 5.82 Å². The lowest BCUT2D eigenvalue weighted by molar-refractivity contribution is -0.384. The number of benzene rings is 2. The topological polar surface area (TPSA) is 140 Å². The Labute approximate surface area is 199 Å². The van der Waals surface area contributed by atoms with Crippen molar-refractivity contribution < 1.29 is 19.5 Å². The largest absolute Gasteiger partial charge is 0.507 e. The number of nitriles is 1. The number of aromatic nitrogens is 3. The number of nitrogens with zero attached hydrogens (tertiary/aromatic N) is 6. The number of aliphatic hydroxyl groups excluding tert-OH is 1. The monoisotopic (exact) mass is 482 g/mol. The van der Waals surface area contributed by atoms with Crippen molar-refractivity contribution in [2.45, 2.75) is 0 Å². The van der Waals surface area contributed by atoms with Gasteiger partial charge in [-0.25, -0.2) is 0 Å². The van der Waals surface area contributed by atoms with E-state index in [0.717, 1.165) is 6.07 Å². The normalized spacial score (nSPS) is 14.3. The van der Waals surface area contributed by atoms with Crippen LogP contribution in [0.3, 0.4) is 0 Å². The summed E-state index contributed by atoms with van der Waals surface area (Å²) in [5, 5.41) is 39.9. The number of morpholine rings is 1. The molecule has 1 fully saturated rings. The Morgan fingerprint density at radius 3 is 2.62 bits per heavy atom. The summed E-state index contributed by atoms with van der Waals surface area (Å²) in [4.78, 5) is 12.3. The van der Waals surface area contributed by atoms with E-state index in [9.17, 15) is 20.5 Å². The van der Waals surface area contributed by atoms with E-state index < -0.39 is 17.3 Å². The summed E-state index contributed by atoms with van der Waals surface area (Å²) in [7, 11) is 0. The fourth-order valence-corrected chi connectivity index (χ4v) is 3.63. The van der Waals surface area contributed by atoms with E-state index in [1.165, 1.54) is 12.1 Å². The lowest BCUT2D eigenvalue weighted by atomic mass is 10.2. The van der Waals surface area contributed by atoms with E-state index in [1.54, 1.807) is 4.57 Å². The average Bonchev–Trinajstić information content (AvgIpc) is 3.29. The Morgan fingerprint density at radius 2 is 1.97 bits per heavy atom. The lowest BCUT2D eigenvalue weighted by Gasteiger charge is -2.28. The number of hydrogen-bond acceptors (Lipinski definition) is 9. The number of para-hydroxylation sites is 1. The molecule has 4 rings (SSSR count). The van der Waals surface area contributed by atoms with Crippen LogP contribution in [-0.4, -0.2) is 57.7 Å². The quantitative estimate of drug-likeness (QED) is 0.231. The maximum atomic E-state index is 10.9. The van der Waals surface area contributed by atoms with Crippen molar-refractivity contribution >= 4 is 28.8 Å². The standard InChI is InChI=1S/C22H19ClN6O5/c23-18-12-16(29(31)32)6-7-20(18)34-14-19(30)17(13-24)21-25-26-22(27-8-10-33-11-9-27)28(21)15-4-2-1-3-5-15/h1-7,12,30H,8-11,14H2/b19-17-. The van der Waals surface area contributed by atoms with E-state index in [0.29, 0.717) is 37.9 Å². The highest BCUT2D eigenvalue weighted by Gasteiger charge is 2.25. The Kier molecular flexibility index (Phi) is 6.91. The molecular formula is C22H19ClN6O5. The van der Waals surface area contributed by atoms with Gasteiger partial charge in [0, 0.05) is 25.2 Å². The third-order valence-electron chi connectivity index (χ3n) is 5.07. The second-order valence-electron chi connectivity index (χ2n) is 7.19. The van der Waals surface area contributed by atoms with Gasteiger partial charge in [-0.2, -0.15) is 5.26 Å². The molecule has 34 heavy (non-hydrogen) atoms. The molecule has 0 bridgehead atoms. The molecule has 11 nitrogen and oxygen atoms in total. The second kappa shape index (κ2) is 10.2. The maximum absolute atomic E-state index is 10.9. The molecule has 1 aliphatic rings. The van der Waals surface area contributed by atoms with Gasteiger partial charge in [0.25, 0.3) is 5.69 Å². The highest BCUT2D eigenvalue weighted by Crippen LogP contribution is 2.30. The van der Waals surface area contributed by atoms with Crippen molar-refractivity contribution in [2.24, 2.45) is 0 Å². The molecule has 0 unspecified atom stereocenters. The van der Waals surface area contributed by atoms with Crippen LogP contribution in [0.25, 0.3) is 11.3 Å². The minimum absolute atomic E-state index is 0.00237. The molecule has 174 valence electrons. The summed E-state index contributed by atoms with van der Waals surface area (Å²) in [6, 6.07) is 14.9. The number of rotatable bonds is 7. The lowest BCUT2D eigenvalue weighted by Crippen LogP contribution is -2.38. The van der Waals surface area contributed by atoms with Gasteiger partial charge in [0.1, 0.15) is 24.0 Å². The van der Waals surface area contributed by atoms with E-state index in [1.807, 2.05) is 41.3 Å². The predicted octanol–water partition coefficient (Wildman–Crippen LogP) is 3.54. The molecule has 1 saturated heterocycles. The fraction of sp³-hybridized carbons (Fsp3) is 0.227. The zero-order valence-corrected chi connectivity index (χ0v) is 18.6. The van der Waals surface area contributed by atoms with Crippen LogP contribution in [0.4, 0.5) is 11.6 Å². The number of nitro benzene ring substituents is 1. The number of ether oxygens (including phenoxy) is 2. The Morgan fingerprint density at radius 1 is 1.24 bits per heavy atom. The number of non-ortho nitro benzene ring substituents is 1. The van der Waals surface area contributed by atoms with Gasteiger partial charge in [0.05, 0.1) is 28.8 Å². The summed E-state index contributed by atoms with van der Waals surface area (Å²) < 4.78 is 12.6. The van der Waals surface area contributed by atoms with Crippen molar-refractivity contribution in [1.82, 2.24) is 14.8 Å². The molecule has 1 aromatic heterocycles. The van der Waals surface area contributed by atoms with Gasteiger partial charge in [-0.3, -0.25) is 14.7 Å². The summed E-state index contributed by atoms with van der Waals surface area (Å²) in [6.45, 7) is 1.86. The predicted molar refractivity (Wildman–Crippen MR) is 123 cm³/mol. The molecule has 2 heterocycles. The van der Waals surface area contributed by atoms with Crippen LogP contribution in [-0.2, 0) is 4.74 Å². The smallest absolute Gasteiger partial charge is 0.271 e. The molecule has 0 atom stereocenters. The highest BCUT2D eigenvalue weighted by molar-refractivity contribution is 6.32. The zero-order valence-electron chi connectivity index (χ0n) is 17.8. The SMILES string of the molecule is N#C/C(=C(/O)COc1ccc([N+](=O)[O-])cc1Cl)c1nnc(N2CCOCC2)n1-c1ccccc1. The first-order valence-electron chi connectivity index (χ1n) is 10.2. The number of anilines is 1. The van der Waals surface area contributed by atoms with Gasteiger partial charge in [-0.1, -0.05) is 29.8 Å². The van der Waals surface area contributed by atoms with Crippen LogP contribution in [0, 0.1) is 21.4 Å². The number of aliphatic hydroxyl groups is 1. The maximum Gasteiger partial charge on any atom is 0.271 e. The zero-order chi connectivity index (χ0) is 24.1. The Bertz CT molecular complexity index is 1260. The van der Waals surface area contributed by atoms with Crippen molar-refractivity contribution in [1.29, 1.82) is 5.26 Å². The first-order valence-corrected chi connectivity index (χ1v) is 10.6. The van der Waals surface area contributed by atoms with Gasteiger partial charge in [-0.05, 0) is 18.2 Å². The minimum atomic E-state index is -0.580. The van der Waals surface area contributed by atoms with Crippen LogP contribution in [0.2, 0.25) is 5.02 Å². The first kappa shape index (κ1) is 23.0. The average molecular weight is 483 g/mol. The third-order valence-corrected chi connectivity index (χ3v) is 5.36. The summed E-state index contributed by atoms with van der Waals surface area (Å²) >= 11 is 6.05. The van der Waals surface area contributed by atoms with Crippen molar-refractivity contribution in [3.63, 3.8) is 0 Å². The van der Waals surface area contributed by atoms with Gasteiger partial charge in [-0.15, -0.1) is 10.2 Å². The molecule has 2 aromatic carbocycles. The Balaban J connectivity index is 1.68. The minimum Gasteiger partial charge on any atom is -0.507 e. The van der Waals surface area contributed by atoms with E-state index >= 15 is 0 Å². The molecule has 3 aromatic rings. The van der Waals surface area contributed by atoms with Gasteiger partial charge in [0.2, 0.25) is 5.95 Å². The second-order valence-corrected chi connectivity index (χ2v) is 7.60. The number of allylic oxidation sites excluding steroid dienone is 1. The highest BCUT2D eigenvalue weighted by atomic mass is 35.5. The third kappa shape index (κ3) is 4.78. The van der Waals surface area contributed by atoms with Crippen LogP contribution >= 0.6 is 11.6 Å². The van der Waals surface area contributed by atoms with E-state index in [2.05, 4.69) is 10.2 Å². The van der Waals surface area contributed by atoms with Crippen LogP contribution in [0.5, 0.6) is 5.75 Å². The van der Waals surface area contributed by atoms with Gasteiger partial charge in [0.15, 0.2) is 11.6 Å². The van der Waals surface area contributed by atoms with Crippen molar-refractivity contribution in [2.75, 3.05) is 37.8 Å². The van der Waals surface area contributed by atoms with Crippen LogP contribution < -0.4 is 9.64 Å². The molecule has 0 radical (unpaired) electrons. The molecule has 0 spiro atoms. The molecule has 1 N–H and O–H groups in total. The molecule has 0 saturated carbocycles. The Hall–Kier alpha value is -4.14. The molecular weight excluding hydrogens is 464 g/mol. The van der Waals surface area contributed by atoms with Gasteiger partial charge < -0.3 is 19.5 Å². The summed E-state index contributed by atoms with van der Waals surface area (Å²) in [5.74, 6) is 0.389. The molecule has 0 aliphatic carbocycles. The van der Waals surface area contributed by atoms with Crippen LogP contribution in [0.15, 0.2) is 54.3 Å². The fourth-order valence-electron chi connectivity index (χ4n) is 3.40. The van der Waals surface area contributed by atoms with Gasteiger partial charge >= 0.3 is 0 Å². The van der Waals surface area contributed by atoms with E-state index in [4.69, 9.17) is 21.1 Å². The van der Waals surface area contributed by atoms with Crippen molar-refractivity contribution in [3.8, 4) is 17.5 Å². The van der Waals surface area contributed by atoms with Crippen molar-refractivity contribution in [3.05, 3.63) is 75.3 Å². The summed E-state index contributed by atoms with van der Waals surface area (Å²) in [6.07, 6.45) is 0. The molecule has 1 aliphatic heterocycles. The molecule has 12 heteroatoms. The molecule has 0 amide bonds. The summed E-state index contributed by atoms with van der Waals surface area (Å²) in [5.41, 5.74) is 0.388. The van der Waals surface area contributed by atoms with E-state index in [-0.39, 0.29) is 27.9 Å².